The number of rotatable bonds is 4. The summed E-state index contributed by atoms with van der Waals surface area (Å²) < 4.78 is 18.7. The lowest BCUT2D eigenvalue weighted by atomic mass is 10.0. The summed E-state index contributed by atoms with van der Waals surface area (Å²) in [4.78, 5) is 0. The average Bonchev–Trinajstić information content (AvgIpc) is 2.41. The van der Waals surface area contributed by atoms with E-state index in [4.69, 9.17) is 10.5 Å². The maximum atomic E-state index is 12.8. The Labute approximate surface area is 113 Å². The Morgan fingerprint density at radius 3 is 2.32 bits per heavy atom. The molecule has 1 atom stereocenters. The molecule has 0 heterocycles. The van der Waals surface area contributed by atoms with Crippen molar-refractivity contribution < 1.29 is 9.13 Å². The Kier molecular flexibility index (Phi) is 4.17. The first-order valence-electron chi connectivity index (χ1n) is 6.29. The second-order valence-corrected chi connectivity index (χ2v) is 4.64. The Balaban J connectivity index is 2.19. The van der Waals surface area contributed by atoms with Crippen molar-refractivity contribution in [2.45, 2.75) is 20.0 Å². The van der Waals surface area contributed by atoms with Gasteiger partial charge in [-0.3, -0.25) is 0 Å². The predicted octanol–water partition coefficient (Wildman–Crippen LogP) is 3.52. The number of nitrogens with two attached hydrogens (primary N) is 1. The molecule has 0 saturated heterocycles. The molecule has 0 saturated carbocycles. The van der Waals surface area contributed by atoms with Gasteiger partial charge in [0, 0.05) is 6.54 Å². The Morgan fingerprint density at radius 2 is 1.74 bits per heavy atom. The standard InChI is InChI=1S/C16H18FNO/c1-11-3-4-13(9-12(11)2)16(10-18)19-15-7-5-14(17)6-8-15/h3-9,16H,10,18H2,1-2H3. The van der Waals surface area contributed by atoms with Gasteiger partial charge in [0.25, 0.3) is 0 Å². The molecule has 3 heteroatoms. The van der Waals surface area contributed by atoms with Crippen LogP contribution in [0.1, 0.15) is 22.8 Å². The summed E-state index contributed by atoms with van der Waals surface area (Å²) in [5, 5.41) is 0. The van der Waals surface area contributed by atoms with Crippen LogP contribution < -0.4 is 10.5 Å². The predicted molar refractivity (Wildman–Crippen MR) is 74.7 cm³/mol. The van der Waals surface area contributed by atoms with Gasteiger partial charge in [0.05, 0.1) is 0 Å². The van der Waals surface area contributed by atoms with E-state index in [1.165, 1.54) is 23.3 Å². The van der Waals surface area contributed by atoms with Crippen LogP contribution in [0.25, 0.3) is 0 Å². The van der Waals surface area contributed by atoms with Crippen LogP contribution >= 0.6 is 0 Å². The molecule has 0 amide bonds. The largest absolute Gasteiger partial charge is 0.484 e. The first-order valence-corrected chi connectivity index (χ1v) is 6.29. The van der Waals surface area contributed by atoms with Crippen molar-refractivity contribution in [1.82, 2.24) is 0 Å². The van der Waals surface area contributed by atoms with Crippen LogP contribution in [-0.2, 0) is 0 Å². The summed E-state index contributed by atoms with van der Waals surface area (Å²) in [5.41, 5.74) is 9.25. The van der Waals surface area contributed by atoms with Crippen molar-refractivity contribution in [3.05, 3.63) is 65.0 Å². The maximum absolute atomic E-state index is 12.8. The molecule has 100 valence electrons. The summed E-state index contributed by atoms with van der Waals surface area (Å²) >= 11 is 0. The van der Waals surface area contributed by atoms with E-state index in [0.717, 1.165) is 5.56 Å². The zero-order valence-electron chi connectivity index (χ0n) is 11.2. The number of ether oxygens (including phenoxy) is 1. The molecule has 0 aromatic heterocycles. The molecule has 0 fully saturated rings. The summed E-state index contributed by atoms with van der Waals surface area (Å²) in [6.45, 7) is 4.50. The van der Waals surface area contributed by atoms with Crippen molar-refractivity contribution in [2.75, 3.05) is 6.54 Å². The lowest BCUT2D eigenvalue weighted by molar-refractivity contribution is 0.214. The number of halogens is 1. The van der Waals surface area contributed by atoms with E-state index in [9.17, 15) is 4.39 Å². The van der Waals surface area contributed by atoms with Gasteiger partial charge in [-0.2, -0.15) is 0 Å². The van der Waals surface area contributed by atoms with Crippen molar-refractivity contribution in [3.8, 4) is 5.75 Å². The van der Waals surface area contributed by atoms with Gasteiger partial charge in [-0.25, -0.2) is 4.39 Å². The second-order valence-electron chi connectivity index (χ2n) is 4.64. The zero-order chi connectivity index (χ0) is 13.8. The molecular weight excluding hydrogens is 241 g/mol. The quantitative estimate of drug-likeness (QED) is 0.911. The van der Waals surface area contributed by atoms with E-state index in [-0.39, 0.29) is 11.9 Å². The van der Waals surface area contributed by atoms with Crippen molar-refractivity contribution in [1.29, 1.82) is 0 Å². The lowest BCUT2D eigenvalue weighted by Crippen LogP contribution is -2.18. The van der Waals surface area contributed by atoms with Crippen LogP contribution in [0.3, 0.4) is 0 Å². The highest BCUT2D eigenvalue weighted by Gasteiger charge is 2.12. The van der Waals surface area contributed by atoms with Crippen LogP contribution in [0.5, 0.6) is 5.75 Å². The van der Waals surface area contributed by atoms with E-state index in [0.29, 0.717) is 12.3 Å². The molecule has 0 aliphatic heterocycles. The van der Waals surface area contributed by atoms with Gasteiger partial charge in [0.15, 0.2) is 0 Å². The normalized spacial score (nSPS) is 12.2. The summed E-state index contributed by atoms with van der Waals surface area (Å²) in [7, 11) is 0. The number of hydrogen-bond donors (Lipinski definition) is 1. The van der Waals surface area contributed by atoms with Gasteiger partial charge in [-0.1, -0.05) is 18.2 Å². The first kappa shape index (κ1) is 13.6. The van der Waals surface area contributed by atoms with Gasteiger partial charge in [0.2, 0.25) is 0 Å². The van der Waals surface area contributed by atoms with Gasteiger partial charge in [-0.15, -0.1) is 0 Å². The fourth-order valence-electron chi connectivity index (χ4n) is 1.89. The smallest absolute Gasteiger partial charge is 0.136 e. The molecule has 2 rings (SSSR count). The zero-order valence-corrected chi connectivity index (χ0v) is 11.2. The van der Waals surface area contributed by atoms with Crippen LogP contribution in [0.4, 0.5) is 4.39 Å². The minimum Gasteiger partial charge on any atom is -0.484 e. The molecule has 0 aliphatic rings. The molecule has 1 unspecified atom stereocenters. The third-order valence-electron chi connectivity index (χ3n) is 3.21. The molecule has 2 aromatic rings. The Hall–Kier alpha value is -1.87. The highest BCUT2D eigenvalue weighted by molar-refractivity contribution is 5.32. The van der Waals surface area contributed by atoms with Crippen LogP contribution in [-0.4, -0.2) is 6.54 Å². The highest BCUT2D eigenvalue weighted by Crippen LogP contribution is 2.23. The van der Waals surface area contributed by atoms with Crippen LogP contribution in [0.15, 0.2) is 42.5 Å². The van der Waals surface area contributed by atoms with E-state index < -0.39 is 0 Å². The fraction of sp³-hybridized carbons (Fsp3) is 0.250. The molecule has 2 N–H and O–H groups in total. The topological polar surface area (TPSA) is 35.2 Å². The molecule has 0 radical (unpaired) electrons. The molecule has 2 nitrogen and oxygen atoms in total. The first-order chi connectivity index (χ1) is 9.10. The van der Waals surface area contributed by atoms with E-state index in [1.807, 2.05) is 6.07 Å². The second kappa shape index (κ2) is 5.85. The molecule has 0 bridgehead atoms. The molecule has 2 aromatic carbocycles. The summed E-state index contributed by atoms with van der Waals surface area (Å²) in [5.74, 6) is 0.345. The monoisotopic (exact) mass is 259 g/mol. The lowest BCUT2D eigenvalue weighted by Gasteiger charge is -2.19. The highest BCUT2D eigenvalue weighted by atomic mass is 19.1. The Bertz CT molecular complexity index is 551. The maximum Gasteiger partial charge on any atom is 0.136 e. The van der Waals surface area contributed by atoms with Crippen molar-refractivity contribution >= 4 is 0 Å². The molecule has 0 aliphatic carbocycles. The minimum absolute atomic E-state index is 0.218. The fourth-order valence-corrected chi connectivity index (χ4v) is 1.89. The molecule has 19 heavy (non-hydrogen) atoms. The molecular formula is C16H18FNO. The van der Waals surface area contributed by atoms with Gasteiger partial charge < -0.3 is 10.5 Å². The number of benzene rings is 2. The number of aryl methyl sites for hydroxylation is 2. The van der Waals surface area contributed by atoms with Gasteiger partial charge in [0.1, 0.15) is 17.7 Å². The van der Waals surface area contributed by atoms with E-state index in [2.05, 4.69) is 26.0 Å². The SMILES string of the molecule is Cc1ccc(C(CN)Oc2ccc(F)cc2)cc1C. The average molecular weight is 259 g/mol. The minimum atomic E-state index is -0.275. The summed E-state index contributed by atoms with van der Waals surface area (Å²) in [6.07, 6.45) is -0.218. The van der Waals surface area contributed by atoms with Crippen LogP contribution in [0.2, 0.25) is 0 Å². The van der Waals surface area contributed by atoms with Crippen molar-refractivity contribution in [3.63, 3.8) is 0 Å². The molecule has 0 spiro atoms. The van der Waals surface area contributed by atoms with Crippen LogP contribution in [0, 0.1) is 19.7 Å². The third-order valence-corrected chi connectivity index (χ3v) is 3.21. The van der Waals surface area contributed by atoms with Crippen molar-refractivity contribution in [2.24, 2.45) is 5.73 Å². The van der Waals surface area contributed by atoms with E-state index >= 15 is 0 Å². The number of hydrogen-bond acceptors (Lipinski definition) is 2. The van der Waals surface area contributed by atoms with Gasteiger partial charge >= 0.3 is 0 Å². The Morgan fingerprint density at radius 1 is 1.05 bits per heavy atom. The van der Waals surface area contributed by atoms with E-state index in [1.54, 1.807) is 12.1 Å². The summed E-state index contributed by atoms with van der Waals surface area (Å²) in [6, 6.07) is 12.1. The third kappa shape index (κ3) is 3.32. The van der Waals surface area contributed by atoms with Gasteiger partial charge in [-0.05, 0) is 54.8 Å².